The molecule has 114 valence electrons. The molecule has 5 heteroatoms. The van der Waals surface area contributed by atoms with E-state index in [-0.39, 0.29) is 5.91 Å². The van der Waals surface area contributed by atoms with Gasteiger partial charge in [0.2, 0.25) is 5.91 Å². The second-order valence-corrected chi connectivity index (χ2v) is 7.13. The van der Waals surface area contributed by atoms with Crippen LogP contribution in [-0.4, -0.2) is 38.6 Å². The lowest BCUT2D eigenvalue weighted by Gasteiger charge is -2.29. The van der Waals surface area contributed by atoms with Crippen LogP contribution in [0, 0.1) is 13.8 Å². The Bertz CT molecular complexity index is 504. The molecule has 2 saturated carbocycles. The molecule has 0 N–H and O–H groups in total. The van der Waals surface area contributed by atoms with Crippen LogP contribution in [0.5, 0.6) is 0 Å². The largest absolute Gasteiger partial charge is 0.336 e. The van der Waals surface area contributed by atoms with Crippen molar-refractivity contribution in [3.63, 3.8) is 0 Å². The summed E-state index contributed by atoms with van der Waals surface area (Å²) in [6.45, 7) is 3.94. The van der Waals surface area contributed by atoms with E-state index < -0.39 is 0 Å². The van der Waals surface area contributed by atoms with Gasteiger partial charge < -0.3 is 4.90 Å². The molecule has 0 aromatic carbocycles. The Balaban J connectivity index is 1.61. The molecule has 2 aliphatic rings. The van der Waals surface area contributed by atoms with Crippen LogP contribution in [0.3, 0.4) is 0 Å². The molecular weight excluding hydrogens is 282 g/mol. The lowest BCUT2D eigenvalue weighted by Crippen LogP contribution is -2.41. The van der Waals surface area contributed by atoms with Gasteiger partial charge in [-0.25, -0.2) is 9.97 Å². The first-order valence-electron chi connectivity index (χ1n) is 7.90. The Kier molecular flexibility index (Phi) is 4.48. The Morgan fingerprint density at radius 2 is 1.71 bits per heavy atom. The molecule has 4 nitrogen and oxygen atoms in total. The number of amides is 1. The Labute approximate surface area is 130 Å². The fourth-order valence-electron chi connectivity index (χ4n) is 3.20. The molecule has 1 aromatic heterocycles. The number of carbonyl (C=O) groups is 1. The lowest BCUT2D eigenvalue weighted by molar-refractivity contribution is -0.131. The highest BCUT2D eigenvalue weighted by Crippen LogP contribution is 2.35. The van der Waals surface area contributed by atoms with Gasteiger partial charge in [0.15, 0.2) is 5.16 Å². The summed E-state index contributed by atoms with van der Waals surface area (Å²) in [5.74, 6) is 0.743. The lowest BCUT2D eigenvalue weighted by atomic mass is 10.2. The quantitative estimate of drug-likeness (QED) is 0.619. The number of hydrogen-bond acceptors (Lipinski definition) is 4. The molecule has 0 unspecified atom stereocenters. The molecule has 21 heavy (non-hydrogen) atoms. The van der Waals surface area contributed by atoms with Crippen molar-refractivity contribution in [1.29, 1.82) is 0 Å². The Morgan fingerprint density at radius 3 is 2.29 bits per heavy atom. The smallest absolute Gasteiger partial charge is 0.233 e. The second-order valence-electron chi connectivity index (χ2n) is 6.19. The van der Waals surface area contributed by atoms with Crippen LogP contribution in [0.15, 0.2) is 11.2 Å². The summed E-state index contributed by atoms with van der Waals surface area (Å²) >= 11 is 1.48. The molecule has 3 rings (SSSR count). The topological polar surface area (TPSA) is 46.1 Å². The van der Waals surface area contributed by atoms with Gasteiger partial charge in [-0.15, -0.1) is 0 Å². The standard InChI is InChI=1S/C16H23N3OS/c1-11-9-12(2)18-16(17-11)21-10-15(20)19(14-7-8-14)13-5-3-4-6-13/h9,13-14H,3-8,10H2,1-2H3. The SMILES string of the molecule is Cc1cc(C)nc(SCC(=O)N(C2CCCC2)C2CC2)n1. The third-order valence-electron chi connectivity index (χ3n) is 4.23. The minimum Gasteiger partial charge on any atom is -0.336 e. The van der Waals surface area contributed by atoms with Crippen molar-refractivity contribution in [3.05, 3.63) is 17.5 Å². The maximum absolute atomic E-state index is 12.6. The fourth-order valence-corrected chi connectivity index (χ4v) is 4.02. The van der Waals surface area contributed by atoms with Crippen LogP contribution < -0.4 is 0 Å². The minimum atomic E-state index is 0.275. The maximum Gasteiger partial charge on any atom is 0.233 e. The van der Waals surface area contributed by atoms with Gasteiger partial charge in [-0.1, -0.05) is 24.6 Å². The number of rotatable bonds is 5. The van der Waals surface area contributed by atoms with Crippen LogP contribution in [-0.2, 0) is 4.79 Å². The molecule has 1 amide bonds. The highest BCUT2D eigenvalue weighted by molar-refractivity contribution is 7.99. The van der Waals surface area contributed by atoms with Crippen LogP contribution in [0.2, 0.25) is 0 Å². The van der Waals surface area contributed by atoms with E-state index >= 15 is 0 Å². The summed E-state index contributed by atoms with van der Waals surface area (Å²) in [5.41, 5.74) is 1.93. The molecule has 0 bridgehead atoms. The number of aryl methyl sites for hydroxylation is 2. The highest BCUT2D eigenvalue weighted by Gasteiger charge is 2.38. The fraction of sp³-hybridized carbons (Fsp3) is 0.688. The first-order chi connectivity index (χ1) is 10.1. The normalized spacial score (nSPS) is 19.0. The molecule has 0 saturated heterocycles. The van der Waals surface area contributed by atoms with E-state index in [9.17, 15) is 4.79 Å². The first kappa shape index (κ1) is 14.8. The molecule has 1 aromatic rings. The number of carbonyl (C=O) groups excluding carboxylic acids is 1. The van der Waals surface area contributed by atoms with Gasteiger partial charge in [-0.2, -0.15) is 0 Å². The molecule has 0 aliphatic heterocycles. The van der Waals surface area contributed by atoms with Crippen LogP contribution in [0.4, 0.5) is 0 Å². The number of aromatic nitrogens is 2. The maximum atomic E-state index is 12.6. The van der Waals surface area contributed by atoms with Gasteiger partial charge in [0, 0.05) is 23.5 Å². The summed E-state index contributed by atoms with van der Waals surface area (Å²) in [6, 6.07) is 2.97. The second kappa shape index (κ2) is 6.34. The molecule has 1 heterocycles. The van der Waals surface area contributed by atoms with Gasteiger partial charge in [-0.05, 0) is 45.6 Å². The average Bonchev–Trinajstić information content (AvgIpc) is 3.10. The zero-order valence-corrected chi connectivity index (χ0v) is 13.7. The summed E-state index contributed by atoms with van der Waals surface area (Å²) < 4.78 is 0. The van der Waals surface area contributed by atoms with Crippen LogP contribution in [0.1, 0.15) is 49.9 Å². The van der Waals surface area contributed by atoms with Crippen molar-refractivity contribution in [2.45, 2.75) is 69.6 Å². The van der Waals surface area contributed by atoms with Crippen molar-refractivity contribution >= 4 is 17.7 Å². The van der Waals surface area contributed by atoms with E-state index in [0.29, 0.717) is 17.8 Å². The van der Waals surface area contributed by atoms with E-state index in [0.717, 1.165) is 16.5 Å². The zero-order chi connectivity index (χ0) is 14.8. The van der Waals surface area contributed by atoms with Gasteiger partial charge >= 0.3 is 0 Å². The zero-order valence-electron chi connectivity index (χ0n) is 12.8. The molecule has 0 atom stereocenters. The first-order valence-corrected chi connectivity index (χ1v) is 8.88. The van der Waals surface area contributed by atoms with Gasteiger partial charge in [0.05, 0.1) is 5.75 Å². The third-order valence-corrected chi connectivity index (χ3v) is 5.06. The predicted molar refractivity (Wildman–Crippen MR) is 84.4 cm³/mol. The highest BCUT2D eigenvalue weighted by atomic mass is 32.2. The summed E-state index contributed by atoms with van der Waals surface area (Å²) in [4.78, 5) is 23.6. The van der Waals surface area contributed by atoms with E-state index in [1.165, 1.54) is 50.3 Å². The molecule has 2 fully saturated rings. The van der Waals surface area contributed by atoms with Crippen molar-refractivity contribution in [2.75, 3.05) is 5.75 Å². The van der Waals surface area contributed by atoms with Gasteiger partial charge in [0.1, 0.15) is 0 Å². The molecule has 0 radical (unpaired) electrons. The molecule has 0 spiro atoms. The number of hydrogen-bond donors (Lipinski definition) is 0. The summed E-state index contributed by atoms with van der Waals surface area (Å²) in [6.07, 6.45) is 7.29. The van der Waals surface area contributed by atoms with E-state index in [2.05, 4.69) is 14.9 Å². The van der Waals surface area contributed by atoms with E-state index in [1.807, 2.05) is 19.9 Å². The van der Waals surface area contributed by atoms with Crippen molar-refractivity contribution in [3.8, 4) is 0 Å². The van der Waals surface area contributed by atoms with Gasteiger partial charge in [-0.3, -0.25) is 4.79 Å². The van der Waals surface area contributed by atoms with Crippen LogP contribution in [0.25, 0.3) is 0 Å². The van der Waals surface area contributed by atoms with Crippen molar-refractivity contribution in [1.82, 2.24) is 14.9 Å². The predicted octanol–water partition coefficient (Wildman–Crippen LogP) is 3.12. The summed E-state index contributed by atoms with van der Waals surface area (Å²) in [5, 5.41) is 0.725. The number of thioether (sulfide) groups is 1. The third kappa shape index (κ3) is 3.76. The molecular formula is C16H23N3OS. The van der Waals surface area contributed by atoms with Crippen molar-refractivity contribution in [2.24, 2.45) is 0 Å². The monoisotopic (exact) mass is 305 g/mol. The Morgan fingerprint density at radius 1 is 1.14 bits per heavy atom. The van der Waals surface area contributed by atoms with E-state index in [4.69, 9.17) is 0 Å². The number of nitrogens with zero attached hydrogens (tertiary/aromatic N) is 3. The minimum absolute atomic E-state index is 0.275. The van der Waals surface area contributed by atoms with Gasteiger partial charge in [0.25, 0.3) is 0 Å². The van der Waals surface area contributed by atoms with Crippen LogP contribution >= 0.6 is 11.8 Å². The summed E-state index contributed by atoms with van der Waals surface area (Å²) in [7, 11) is 0. The average molecular weight is 305 g/mol. The Hall–Kier alpha value is -1.10. The van der Waals surface area contributed by atoms with Crippen molar-refractivity contribution < 1.29 is 4.79 Å². The molecule has 2 aliphatic carbocycles. The van der Waals surface area contributed by atoms with E-state index in [1.54, 1.807) is 0 Å².